The Morgan fingerprint density at radius 2 is 2.04 bits per heavy atom. The van der Waals surface area contributed by atoms with Crippen LogP contribution in [0.4, 0.5) is 5.82 Å². The largest absolute Gasteiger partial charge is 0.393 e. The summed E-state index contributed by atoms with van der Waals surface area (Å²) in [5.74, 6) is 0.121. The Balaban J connectivity index is 1.85. The molecule has 0 spiro atoms. The van der Waals surface area contributed by atoms with E-state index in [0.29, 0.717) is 28.4 Å². The summed E-state index contributed by atoms with van der Waals surface area (Å²) >= 11 is 6.18. The number of aromatic amines is 1. The predicted molar refractivity (Wildman–Crippen MR) is 102 cm³/mol. The third-order valence-electron chi connectivity index (χ3n) is 4.34. The fourth-order valence-electron chi connectivity index (χ4n) is 2.77. The number of aryl methyl sites for hydroxylation is 1. The number of carbonyl (C=O) groups excluding carboxylic acids is 1. The number of H-pyrrole nitrogens is 1. The zero-order valence-electron chi connectivity index (χ0n) is 14.5. The van der Waals surface area contributed by atoms with Crippen LogP contribution in [0.2, 0.25) is 5.02 Å². The van der Waals surface area contributed by atoms with Gasteiger partial charge in [-0.1, -0.05) is 30.7 Å². The maximum atomic E-state index is 12.5. The fraction of sp³-hybridized carbons (Fsp3) is 0.263. The van der Waals surface area contributed by atoms with E-state index < -0.39 is 12.2 Å². The van der Waals surface area contributed by atoms with E-state index in [1.54, 1.807) is 36.5 Å². The van der Waals surface area contributed by atoms with E-state index in [1.165, 1.54) is 6.92 Å². The molecule has 1 atom stereocenters. The summed E-state index contributed by atoms with van der Waals surface area (Å²) in [6.07, 6.45) is 2.38. The standard InChI is InChI=1S/C19H20ClN3O3/c1-3-14-17-13(20)9-21-15(17)8-16(22-14)23-18(25)11-4-6-12(7-5-11)19(2,26)10-24/h4-9,21,24,26H,3,10H2,1-2H3,(H,22,23,25)/t19-/m1/s1. The first-order valence-corrected chi connectivity index (χ1v) is 8.65. The predicted octanol–water partition coefficient (Wildman–Crippen LogP) is 3.23. The maximum absolute atomic E-state index is 12.5. The van der Waals surface area contributed by atoms with E-state index in [1.807, 2.05) is 6.92 Å². The van der Waals surface area contributed by atoms with Crippen molar-refractivity contribution in [1.29, 1.82) is 0 Å². The Hall–Kier alpha value is -2.41. The number of nitrogens with one attached hydrogen (secondary N) is 2. The first-order chi connectivity index (χ1) is 12.4. The molecule has 0 aliphatic rings. The van der Waals surface area contributed by atoms with Gasteiger partial charge in [0.05, 0.1) is 22.8 Å². The minimum Gasteiger partial charge on any atom is -0.393 e. The second kappa shape index (κ2) is 7.07. The number of aliphatic hydroxyl groups is 2. The molecule has 3 aromatic rings. The van der Waals surface area contributed by atoms with Crippen LogP contribution in [0.5, 0.6) is 0 Å². The maximum Gasteiger partial charge on any atom is 0.256 e. The van der Waals surface area contributed by atoms with E-state index in [0.717, 1.165) is 16.6 Å². The van der Waals surface area contributed by atoms with Crippen LogP contribution >= 0.6 is 11.6 Å². The molecule has 0 radical (unpaired) electrons. The van der Waals surface area contributed by atoms with Gasteiger partial charge in [-0.05, 0) is 31.0 Å². The van der Waals surface area contributed by atoms with Crippen molar-refractivity contribution < 1.29 is 15.0 Å². The lowest BCUT2D eigenvalue weighted by atomic mass is 9.96. The molecule has 0 aliphatic heterocycles. The Kier molecular flexibility index (Phi) is 5.00. The van der Waals surface area contributed by atoms with Crippen molar-refractivity contribution in [3.63, 3.8) is 0 Å². The molecule has 1 amide bonds. The molecule has 0 saturated heterocycles. The molecule has 1 aromatic carbocycles. The molecule has 0 saturated carbocycles. The number of hydrogen-bond donors (Lipinski definition) is 4. The fourth-order valence-corrected chi connectivity index (χ4v) is 3.04. The molecule has 2 heterocycles. The van der Waals surface area contributed by atoms with Crippen LogP contribution in [0.15, 0.2) is 36.5 Å². The molecule has 136 valence electrons. The lowest BCUT2D eigenvalue weighted by Gasteiger charge is -2.20. The molecule has 26 heavy (non-hydrogen) atoms. The highest BCUT2D eigenvalue weighted by Crippen LogP contribution is 2.28. The first kappa shape index (κ1) is 18.4. The average molecular weight is 374 g/mol. The van der Waals surface area contributed by atoms with Gasteiger partial charge in [0.1, 0.15) is 11.4 Å². The molecular weight excluding hydrogens is 354 g/mol. The molecule has 0 unspecified atom stereocenters. The van der Waals surface area contributed by atoms with Crippen LogP contribution in [0.25, 0.3) is 10.9 Å². The third-order valence-corrected chi connectivity index (χ3v) is 4.64. The minimum absolute atomic E-state index is 0.313. The molecule has 4 N–H and O–H groups in total. The smallest absolute Gasteiger partial charge is 0.256 e. The number of fused-ring (bicyclic) bond motifs is 1. The number of hydrogen-bond acceptors (Lipinski definition) is 4. The number of amides is 1. The Bertz CT molecular complexity index is 949. The van der Waals surface area contributed by atoms with Crippen LogP contribution < -0.4 is 5.32 Å². The third kappa shape index (κ3) is 3.44. The Morgan fingerprint density at radius 1 is 1.35 bits per heavy atom. The molecule has 7 heteroatoms. The van der Waals surface area contributed by atoms with Gasteiger partial charge in [-0.25, -0.2) is 4.98 Å². The summed E-state index contributed by atoms with van der Waals surface area (Å²) in [5, 5.41) is 23.5. The van der Waals surface area contributed by atoms with E-state index in [4.69, 9.17) is 11.6 Å². The highest BCUT2D eigenvalue weighted by molar-refractivity contribution is 6.35. The molecule has 2 aromatic heterocycles. The SMILES string of the molecule is CCc1nc(NC(=O)c2ccc([C@](C)(O)CO)cc2)cc2[nH]cc(Cl)c12. The van der Waals surface area contributed by atoms with Gasteiger partial charge >= 0.3 is 0 Å². The van der Waals surface area contributed by atoms with Gasteiger partial charge in [0.15, 0.2) is 0 Å². The summed E-state index contributed by atoms with van der Waals surface area (Å²) in [5.41, 5.74) is 1.23. The number of nitrogens with zero attached hydrogens (tertiary/aromatic N) is 1. The molecular formula is C19H20ClN3O3. The molecule has 0 bridgehead atoms. The molecule has 6 nitrogen and oxygen atoms in total. The topological polar surface area (TPSA) is 98.2 Å². The number of pyridine rings is 1. The van der Waals surface area contributed by atoms with Crippen molar-refractivity contribution in [2.75, 3.05) is 11.9 Å². The number of rotatable bonds is 5. The number of aliphatic hydroxyl groups excluding tert-OH is 1. The van der Waals surface area contributed by atoms with E-state index >= 15 is 0 Å². The van der Waals surface area contributed by atoms with Crippen molar-refractivity contribution >= 4 is 34.2 Å². The van der Waals surface area contributed by atoms with Crippen molar-refractivity contribution in [3.8, 4) is 0 Å². The van der Waals surface area contributed by atoms with Crippen LogP contribution in [-0.4, -0.2) is 32.7 Å². The quantitative estimate of drug-likeness (QED) is 0.551. The van der Waals surface area contributed by atoms with E-state index in [2.05, 4.69) is 15.3 Å². The van der Waals surface area contributed by atoms with Crippen LogP contribution in [0.1, 0.15) is 35.5 Å². The van der Waals surface area contributed by atoms with Gasteiger partial charge in [0.25, 0.3) is 5.91 Å². The van der Waals surface area contributed by atoms with Gasteiger partial charge < -0.3 is 20.5 Å². The van der Waals surface area contributed by atoms with Gasteiger partial charge in [0, 0.05) is 23.2 Å². The normalized spacial score (nSPS) is 13.6. The second-order valence-corrected chi connectivity index (χ2v) is 6.74. The summed E-state index contributed by atoms with van der Waals surface area (Å²) in [6.45, 7) is 3.08. The van der Waals surface area contributed by atoms with E-state index in [9.17, 15) is 15.0 Å². The zero-order chi connectivity index (χ0) is 18.9. The van der Waals surface area contributed by atoms with Gasteiger partial charge in [0.2, 0.25) is 0 Å². The number of anilines is 1. The van der Waals surface area contributed by atoms with Gasteiger partial charge in [-0.15, -0.1) is 0 Å². The lowest BCUT2D eigenvalue weighted by Crippen LogP contribution is -2.25. The molecule has 3 rings (SSSR count). The summed E-state index contributed by atoms with van der Waals surface area (Å²) in [6, 6.07) is 8.16. The highest BCUT2D eigenvalue weighted by atomic mass is 35.5. The van der Waals surface area contributed by atoms with Crippen molar-refractivity contribution in [1.82, 2.24) is 9.97 Å². The van der Waals surface area contributed by atoms with Crippen LogP contribution in [0.3, 0.4) is 0 Å². The van der Waals surface area contributed by atoms with E-state index in [-0.39, 0.29) is 5.91 Å². The Morgan fingerprint density at radius 3 is 2.65 bits per heavy atom. The van der Waals surface area contributed by atoms with Gasteiger partial charge in [-0.2, -0.15) is 0 Å². The zero-order valence-corrected chi connectivity index (χ0v) is 15.3. The lowest BCUT2D eigenvalue weighted by molar-refractivity contribution is -0.00229. The highest BCUT2D eigenvalue weighted by Gasteiger charge is 2.22. The number of carbonyl (C=O) groups is 1. The average Bonchev–Trinajstić information content (AvgIpc) is 3.02. The molecule has 0 fully saturated rings. The summed E-state index contributed by atoms with van der Waals surface area (Å²) < 4.78 is 0. The van der Waals surface area contributed by atoms with Gasteiger partial charge in [-0.3, -0.25) is 4.79 Å². The van der Waals surface area contributed by atoms with Crippen molar-refractivity contribution in [2.24, 2.45) is 0 Å². The van der Waals surface area contributed by atoms with Crippen LogP contribution in [0, 0.1) is 0 Å². The summed E-state index contributed by atoms with van der Waals surface area (Å²) in [4.78, 5) is 20.0. The number of halogens is 1. The summed E-state index contributed by atoms with van der Waals surface area (Å²) in [7, 11) is 0. The molecule has 0 aliphatic carbocycles. The van der Waals surface area contributed by atoms with Crippen LogP contribution in [-0.2, 0) is 12.0 Å². The second-order valence-electron chi connectivity index (χ2n) is 6.33. The van der Waals surface area contributed by atoms with Crippen molar-refractivity contribution in [3.05, 3.63) is 58.4 Å². The monoisotopic (exact) mass is 373 g/mol. The minimum atomic E-state index is -1.34. The number of benzene rings is 1. The Labute approximate surface area is 155 Å². The first-order valence-electron chi connectivity index (χ1n) is 8.27. The number of aromatic nitrogens is 2. The van der Waals surface area contributed by atoms with Crippen molar-refractivity contribution in [2.45, 2.75) is 25.9 Å².